The lowest BCUT2D eigenvalue weighted by Gasteiger charge is -2.30. The zero-order chi connectivity index (χ0) is 16.9. The van der Waals surface area contributed by atoms with E-state index in [1.54, 1.807) is 6.07 Å². The van der Waals surface area contributed by atoms with Crippen molar-refractivity contribution in [1.82, 2.24) is 4.98 Å². The molecule has 0 bridgehead atoms. The van der Waals surface area contributed by atoms with Crippen LogP contribution in [0.1, 0.15) is 60.4 Å². The van der Waals surface area contributed by atoms with Crippen molar-refractivity contribution < 1.29 is 4.79 Å². The van der Waals surface area contributed by atoms with E-state index < -0.39 is 0 Å². The molecule has 0 aliphatic heterocycles. The second kappa shape index (κ2) is 7.93. The number of carbonyl (C=O) groups excluding carboxylic acids is 1. The summed E-state index contributed by atoms with van der Waals surface area (Å²) < 4.78 is 1.06. The molecule has 0 radical (unpaired) electrons. The van der Waals surface area contributed by atoms with E-state index >= 15 is 0 Å². The van der Waals surface area contributed by atoms with Crippen molar-refractivity contribution in [3.8, 4) is 0 Å². The molecule has 3 rings (SSSR count). The Bertz CT molecular complexity index is 724. The number of hydrogen-bond donors (Lipinski definition) is 1. The molecule has 4 heteroatoms. The Labute approximate surface area is 150 Å². The van der Waals surface area contributed by atoms with Gasteiger partial charge < -0.3 is 4.98 Å². The molecule has 126 valence electrons. The normalized spacial score (nSPS) is 16.7. The molecule has 1 heterocycles. The summed E-state index contributed by atoms with van der Waals surface area (Å²) >= 11 is 3.48. The maximum absolute atomic E-state index is 12.7. The van der Waals surface area contributed by atoms with Gasteiger partial charge in [-0.25, -0.2) is 0 Å². The minimum absolute atomic E-state index is 0.102. The molecule has 1 unspecified atom stereocenters. The lowest BCUT2D eigenvalue weighted by Crippen LogP contribution is -2.20. The summed E-state index contributed by atoms with van der Waals surface area (Å²) in [7, 11) is 0. The van der Waals surface area contributed by atoms with Crippen LogP contribution in [-0.2, 0) is 0 Å². The Morgan fingerprint density at radius 1 is 1.08 bits per heavy atom. The van der Waals surface area contributed by atoms with Gasteiger partial charge in [0.2, 0.25) is 5.56 Å². The second-order valence-corrected chi connectivity index (χ2v) is 7.54. The standard InChI is InChI=1S/C20H22BrNO2/c21-17-9-6-15(7-10-17)18(14-4-2-1-3-5-14)12-19(23)16-8-11-20(24)22-13-16/h6-11,13-14,18H,1-5,12H2,(H,22,24). The molecule has 1 aliphatic carbocycles. The summed E-state index contributed by atoms with van der Waals surface area (Å²) in [4.78, 5) is 26.5. The Balaban J connectivity index is 1.83. The largest absolute Gasteiger partial charge is 0.328 e. The van der Waals surface area contributed by atoms with E-state index in [0.717, 1.165) is 4.47 Å². The monoisotopic (exact) mass is 387 g/mol. The van der Waals surface area contributed by atoms with Crippen LogP contribution in [0.15, 0.2) is 51.9 Å². The number of aromatic amines is 1. The Kier molecular flexibility index (Phi) is 5.67. The van der Waals surface area contributed by atoms with Gasteiger partial charge in [0.25, 0.3) is 0 Å². The molecule has 1 saturated carbocycles. The number of H-pyrrole nitrogens is 1. The Morgan fingerprint density at radius 3 is 2.42 bits per heavy atom. The van der Waals surface area contributed by atoms with Gasteiger partial charge >= 0.3 is 0 Å². The number of pyridine rings is 1. The number of hydrogen-bond acceptors (Lipinski definition) is 2. The van der Waals surface area contributed by atoms with Gasteiger partial charge in [0.15, 0.2) is 5.78 Å². The SMILES string of the molecule is O=C(CC(c1ccc(Br)cc1)C1CCCCC1)c1ccc(=O)[nH]c1. The maximum atomic E-state index is 12.7. The molecular formula is C20H22BrNO2. The molecule has 0 spiro atoms. The Hall–Kier alpha value is -1.68. The molecule has 1 atom stereocenters. The first-order valence-corrected chi connectivity index (χ1v) is 9.40. The average molecular weight is 388 g/mol. The van der Waals surface area contributed by atoms with Crippen LogP contribution < -0.4 is 5.56 Å². The van der Waals surface area contributed by atoms with Gasteiger partial charge in [0.1, 0.15) is 0 Å². The van der Waals surface area contributed by atoms with E-state index in [-0.39, 0.29) is 17.3 Å². The van der Waals surface area contributed by atoms with Crippen LogP contribution in [-0.4, -0.2) is 10.8 Å². The van der Waals surface area contributed by atoms with Gasteiger partial charge in [-0.15, -0.1) is 0 Å². The smallest absolute Gasteiger partial charge is 0.247 e. The van der Waals surface area contributed by atoms with Crippen molar-refractivity contribution >= 4 is 21.7 Å². The van der Waals surface area contributed by atoms with Crippen molar-refractivity contribution in [2.24, 2.45) is 5.92 Å². The van der Waals surface area contributed by atoms with Crippen LogP contribution >= 0.6 is 15.9 Å². The van der Waals surface area contributed by atoms with Crippen LogP contribution in [0, 0.1) is 5.92 Å². The number of ketones is 1. The van der Waals surface area contributed by atoms with Crippen LogP contribution in [0.25, 0.3) is 0 Å². The molecule has 2 aromatic rings. The lowest BCUT2D eigenvalue weighted by atomic mass is 9.74. The van der Waals surface area contributed by atoms with Crippen molar-refractivity contribution in [2.75, 3.05) is 0 Å². The van der Waals surface area contributed by atoms with E-state index in [1.807, 2.05) is 0 Å². The molecule has 0 amide bonds. The fourth-order valence-electron chi connectivity index (χ4n) is 3.70. The van der Waals surface area contributed by atoms with E-state index in [2.05, 4.69) is 45.2 Å². The zero-order valence-corrected chi connectivity index (χ0v) is 15.2. The van der Waals surface area contributed by atoms with Crippen LogP contribution in [0.5, 0.6) is 0 Å². The van der Waals surface area contributed by atoms with Gasteiger partial charge in [-0.05, 0) is 48.4 Å². The summed E-state index contributed by atoms with van der Waals surface area (Å²) in [5.41, 5.74) is 1.65. The van der Waals surface area contributed by atoms with Crippen molar-refractivity contribution in [2.45, 2.75) is 44.4 Å². The van der Waals surface area contributed by atoms with Crippen molar-refractivity contribution in [1.29, 1.82) is 0 Å². The van der Waals surface area contributed by atoms with Crippen LogP contribution in [0.2, 0.25) is 0 Å². The van der Waals surface area contributed by atoms with Crippen LogP contribution in [0.4, 0.5) is 0 Å². The maximum Gasteiger partial charge on any atom is 0.247 e. The molecule has 24 heavy (non-hydrogen) atoms. The highest BCUT2D eigenvalue weighted by molar-refractivity contribution is 9.10. The summed E-state index contributed by atoms with van der Waals surface area (Å²) in [5, 5.41) is 0. The summed E-state index contributed by atoms with van der Waals surface area (Å²) in [6.07, 6.45) is 8.23. The fourth-order valence-corrected chi connectivity index (χ4v) is 3.97. The third-order valence-corrected chi connectivity index (χ3v) is 5.56. The van der Waals surface area contributed by atoms with Gasteiger partial charge in [-0.1, -0.05) is 47.3 Å². The minimum Gasteiger partial charge on any atom is -0.328 e. The molecule has 1 aromatic carbocycles. The third kappa shape index (κ3) is 4.23. The van der Waals surface area contributed by atoms with Crippen LogP contribution in [0.3, 0.4) is 0 Å². The highest BCUT2D eigenvalue weighted by atomic mass is 79.9. The molecule has 3 nitrogen and oxygen atoms in total. The number of halogens is 1. The molecule has 1 fully saturated rings. The first-order valence-electron chi connectivity index (χ1n) is 8.61. The highest BCUT2D eigenvalue weighted by Crippen LogP contribution is 2.39. The number of rotatable bonds is 5. The number of Topliss-reactive ketones (excluding diaryl/α,β-unsaturated/α-hetero) is 1. The molecule has 1 N–H and O–H groups in total. The van der Waals surface area contributed by atoms with Gasteiger partial charge in [-0.3, -0.25) is 9.59 Å². The highest BCUT2D eigenvalue weighted by Gasteiger charge is 2.27. The summed E-state index contributed by atoms with van der Waals surface area (Å²) in [6.45, 7) is 0. The van der Waals surface area contributed by atoms with Crippen molar-refractivity contribution in [3.63, 3.8) is 0 Å². The predicted molar refractivity (Wildman–Crippen MR) is 99.5 cm³/mol. The fraction of sp³-hybridized carbons (Fsp3) is 0.400. The minimum atomic E-state index is -0.178. The molecular weight excluding hydrogens is 366 g/mol. The first-order chi connectivity index (χ1) is 11.6. The topological polar surface area (TPSA) is 49.9 Å². The zero-order valence-electron chi connectivity index (χ0n) is 13.6. The van der Waals surface area contributed by atoms with E-state index in [4.69, 9.17) is 0 Å². The number of carbonyl (C=O) groups is 1. The lowest BCUT2D eigenvalue weighted by molar-refractivity contribution is 0.0957. The van der Waals surface area contributed by atoms with Gasteiger partial charge in [0.05, 0.1) is 0 Å². The quantitative estimate of drug-likeness (QED) is 0.727. The molecule has 1 aliphatic rings. The average Bonchev–Trinajstić information content (AvgIpc) is 2.62. The number of aromatic nitrogens is 1. The van der Waals surface area contributed by atoms with E-state index in [9.17, 15) is 9.59 Å². The molecule has 0 saturated heterocycles. The van der Waals surface area contributed by atoms with E-state index in [0.29, 0.717) is 17.9 Å². The summed E-state index contributed by atoms with van der Waals surface area (Å²) in [6, 6.07) is 11.4. The summed E-state index contributed by atoms with van der Waals surface area (Å²) in [5.74, 6) is 0.911. The van der Waals surface area contributed by atoms with Gasteiger partial charge in [-0.2, -0.15) is 0 Å². The second-order valence-electron chi connectivity index (χ2n) is 6.63. The first kappa shape index (κ1) is 17.2. The van der Waals surface area contributed by atoms with Gasteiger partial charge in [0, 0.05) is 28.7 Å². The third-order valence-electron chi connectivity index (χ3n) is 5.03. The van der Waals surface area contributed by atoms with Crippen molar-refractivity contribution in [3.05, 3.63) is 68.5 Å². The predicted octanol–water partition coefficient (Wildman–Crippen LogP) is 5.07. The molecule has 1 aromatic heterocycles. The number of nitrogens with one attached hydrogen (secondary N) is 1. The number of benzene rings is 1. The van der Waals surface area contributed by atoms with E-state index in [1.165, 1.54) is 49.9 Å². The Morgan fingerprint density at radius 2 is 1.79 bits per heavy atom.